The molecule has 6 nitrogen and oxygen atoms in total. The molecule has 0 saturated heterocycles. The number of Topliss-reactive ketones (excluding diaryl/α,β-unsaturated/α-hetero) is 2. The minimum atomic E-state index is -1.38. The molecule has 2 N–H and O–H groups in total. The second-order valence-electron chi connectivity index (χ2n) is 2.13. The monoisotopic (exact) mass is 190 g/mol. The molecule has 13 heavy (non-hydrogen) atoms. The van der Waals surface area contributed by atoms with Crippen LogP contribution in [0.1, 0.15) is 20.3 Å². The van der Waals surface area contributed by atoms with Crippen molar-refractivity contribution in [2.75, 3.05) is 0 Å². The number of hydrogen-bond donors (Lipinski definition) is 2. The second-order valence-corrected chi connectivity index (χ2v) is 2.13. The highest BCUT2D eigenvalue weighted by Gasteiger charge is 1.99. The molecule has 0 fully saturated rings. The van der Waals surface area contributed by atoms with Crippen molar-refractivity contribution in [1.29, 1.82) is 0 Å². The molecule has 0 unspecified atom stereocenters. The van der Waals surface area contributed by atoms with Gasteiger partial charge in [-0.05, 0) is 6.92 Å². The van der Waals surface area contributed by atoms with Gasteiger partial charge in [0.05, 0.1) is 0 Å². The molecule has 0 saturated carbocycles. The molecular weight excluding hydrogens is 180 g/mol. The van der Waals surface area contributed by atoms with E-state index in [1.165, 1.54) is 6.92 Å². The summed E-state index contributed by atoms with van der Waals surface area (Å²) < 4.78 is 0. The molecule has 0 aromatic heterocycles. The largest absolute Gasteiger partial charge is 0.481 e. The van der Waals surface area contributed by atoms with Crippen molar-refractivity contribution in [3.05, 3.63) is 0 Å². The Balaban J connectivity index is 0. The third kappa shape index (κ3) is 17.9. The van der Waals surface area contributed by atoms with Crippen molar-refractivity contribution < 1.29 is 29.4 Å². The number of carbonyl (C=O) groups excluding carboxylic acids is 2. The number of carboxylic acids is 2. The molecule has 0 atom stereocenters. The Labute approximate surface area is 74.2 Å². The van der Waals surface area contributed by atoms with Crippen LogP contribution in [0, 0.1) is 0 Å². The summed E-state index contributed by atoms with van der Waals surface area (Å²) in [5, 5.41) is 15.5. The van der Waals surface area contributed by atoms with Crippen LogP contribution in [0.5, 0.6) is 0 Å². The number of carboxylic acid groups (broad SMARTS) is 2. The van der Waals surface area contributed by atoms with E-state index in [0.717, 1.165) is 6.92 Å². The Hall–Kier alpha value is -1.72. The number of aliphatic carboxylic acids is 2. The summed E-state index contributed by atoms with van der Waals surface area (Å²) in [5.74, 6) is -3.58. The molecular formula is C7H10O6. The lowest BCUT2D eigenvalue weighted by Crippen LogP contribution is -2.05. The quantitative estimate of drug-likeness (QED) is 0.467. The average Bonchev–Trinajstić information content (AvgIpc) is 1.84. The van der Waals surface area contributed by atoms with Crippen molar-refractivity contribution in [1.82, 2.24) is 0 Å². The zero-order valence-electron chi connectivity index (χ0n) is 7.23. The van der Waals surface area contributed by atoms with Crippen molar-refractivity contribution in [3.63, 3.8) is 0 Å². The molecule has 74 valence electrons. The fourth-order valence-corrected chi connectivity index (χ4v) is 0.213. The van der Waals surface area contributed by atoms with Gasteiger partial charge in [0, 0.05) is 6.92 Å². The van der Waals surface area contributed by atoms with Crippen molar-refractivity contribution >= 4 is 23.5 Å². The highest BCUT2D eigenvalue weighted by atomic mass is 16.4. The van der Waals surface area contributed by atoms with Gasteiger partial charge in [0.25, 0.3) is 0 Å². The van der Waals surface area contributed by atoms with Gasteiger partial charge in [0.2, 0.25) is 5.78 Å². The average molecular weight is 190 g/mol. The van der Waals surface area contributed by atoms with Crippen molar-refractivity contribution in [2.45, 2.75) is 20.3 Å². The van der Waals surface area contributed by atoms with Crippen molar-refractivity contribution in [2.24, 2.45) is 0 Å². The topological polar surface area (TPSA) is 109 Å². The maximum absolute atomic E-state index is 9.87. The maximum atomic E-state index is 9.87. The predicted octanol–water partition coefficient (Wildman–Crippen LogP) is -0.290. The lowest BCUT2D eigenvalue weighted by molar-refractivity contribution is -0.148. The van der Waals surface area contributed by atoms with E-state index in [9.17, 15) is 19.2 Å². The van der Waals surface area contributed by atoms with Gasteiger partial charge >= 0.3 is 11.9 Å². The third-order valence-corrected chi connectivity index (χ3v) is 0.701. The van der Waals surface area contributed by atoms with Gasteiger partial charge in [-0.15, -0.1) is 0 Å². The van der Waals surface area contributed by atoms with Gasteiger partial charge in [-0.25, -0.2) is 4.79 Å². The van der Waals surface area contributed by atoms with Crippen LogP contribution in [-0.4, -0.2) is 33.7 Å². The van der Waals surface area contributed by atoms with E-state index in [2.05, 4.69) is 0 Å². The minimum Gasteiger partial charge on any atom is -0.481 e. The Kier molecular flexibility index (Phi) is 7.41. The number of carbonyl (C=O) groups is 4. The summed E-state index contributed by atoms with van der Waals surface area (Å²) in [4.78, 5) is 38.4. The second kappa shape index (κ2) is 6.96. The van der Waals surface area contributed by atoms with Crippen LogP contribution in [0.4, 0.5) is 0 Å². The van der Waals surface area contributed by atoms with Gasteiger partial charge < -0.3 is 10.2 Å². The van der Waals surface area contributed by atoms with Crippen LogP contribution in [0.15, 0.2) is 0 Å². The summed E-state index contributed by atoms with van der Waals surface area (Å²) in [7, 11) is 0. The van der Waals surface area contributed by atoms with Crippen LogP contribution >= 0.6 is 0 Å². The van der Waals surface area contributed by atoms with Crippen LogP contribution in [-0.2, 0) is 19.2 Å². The number of hydrogen-bond acceptors (Lipinski definition) is 4. The molecule has 0 heterocycles. The summed E-state index contributed by atoms with van der Waals surface area (Å²) in [6.07, 6.45) is -0.361. The Morgan fingerprint density at radius 3 is 1.31 bits per heavy atom. The fourth-order valence-electron chi connectivity index (χ4n) is 0.213. The molecule has 0 aliphatic carbocycles. The zero-order chi connectivity index (χ0) is 11.0. The van der Waals surface area contributed by atoms with E-state index in [0.29, 0.717) is 0 Å². The van der Waals surface area contributed by atoms with Gasteiger partial charge in [0.15, 0.2) is 0 Å². The van der Waals surface area contributed by atoms with E-state index in [1.54, 1.807) is 0 Å². The first kappa shape index (κ1) is 13.8. The SMILES string of the molecule is CC(=O)C(=O)O.CC(=O)CC(=O)O. The number of ketones is 2. The third-order valence-electron chi connectivity index (χ3n) is 0.701. The van der Waals surface area contributed by atoms with Crippen LogP contribution < -0.4 is 0 Å². The predicted molar refractivity (Wildman–Crippen MR) is 41.3 cm³/mol. The Morgan fingerprint density at radius 1 is 1.00 bits per heavy atom. The first-order valence-corrected chi connectivity index (χ1v) is 3.22. The highest BCUT2D eigenvalue weighted by Crippen LogP contribution is 1.77. The summed E-state index contributed by atoms with van der Waals surface area (Å²) in [6.45, 7) is 2.25. The normalized spacial score (nSPS) is 7.85. The van der Waals surface area contributed by atoms with Gasteiger partial charge in [-0.2, -0.15) is 0 Å². The van der Waals surface area contributed by atoms with Crippen LogP contribution in [0.25, 0.3) is 0 Å². The van der Waals surface area contributed by atoms with Crippen molar-refractivity contribution in [3.8, 4) is 0 Å². The molecule has 0 radical (unpaired) electrons. The van der Waals surface area contributed by atoms with Gasteiger partial charge in [-0.3, -0.25) is 14.4 Å². The minimum absolute atomic E-state index is 0.312. The number of rotatable bonds is 3. The Morgan fingerprint density at radius 2 is 1.31 bits per heavy atom. The highest BCUT2D eigenvalue weighted by molar-refractivity contribution is 6.31. The standard InChI is InChI=1S/C4H6O3.C3H4O3/c1-3(5)2-4(6)7;1-2(4)3(5)6/h2H2,1H3,(H,6,7);1H3,(H,5,6). The van der Waals surface area contributed by atoms with Gasteiger partial charge in [-0.1, -0.05) is 0 Å². The van der Waals surface area contributed by atoms with Gasteiger partial charge in [0.1, 0.15) is 12.2 Å². The lowest BCUT2D eigenvalue weighted by atomic mass is 10.3. The van der Waals surface area contributed by atoms with E-state index in [1.807, 2.05) is 0 Å². The lowest BCUT2D eigenvalue weighted by Gasteiger charge is -1.80. The molecule has 0 aliphatic heterocycles. The van der Waals surface area contributed by atoms with E-state index >= 15 is 0 Å². The van der Waals surface area contributed by atoms with Crippen LogP contribution in [0.2, 0.25) is 0 Å². The smallest absolute Gasteiger partial charge is 0.371 e. The maximum Gasteiger partial charge on any atom is 0.371 e. The molecule has 0 bridgehead atoms. The molecule has 0 spiro atoms. The first-order valence-electron chi connectivity index (χ1n) is 3.22. The summed E-state index contributed by atoms with van der Waals surface area (Å²) >= 11 is 0. The summed E-state index contributed by atoms with van der Waals surface area (Å²) in [6, 6.07) is 0. The molecule has 0 rings (SSSR count). The van der Waals surface area contributed by atoms with E-state index < -0.39 is 17.7 Å². The molecule has 0 aliphatic rings. The zero-order valence-corrected chi connectivity index (χ0v) is 7.23. The first-order chi connectivity index (χ1) is 5.77. The molecule has 0 aromatic rings. The Bertz CT molecular complexity index is 205. The van der Waals surface area contributed by atoms with E-state index in [-0.39, 0.29) is 12.2 Å². The molecule has 0 aromatic carbocycles. The fraction of sp³-hybridized carbons (Fsp3) is 0.429. The van der Waals surface area contributed by atoms with Crippen LogP contribution in [0.3, 0.4) is 0 Å². The summed E-state index contributed by atoms with van der Waals surface area (Å²) in [5.41, 5.74) is 0. The molecule has 0 amide bonds. The molecule has 6 heteroatoms. The van der Waals surface area contributed by atoms with E-state index in [4.69, 9.17) is 10.2 Å².